The van der Waals surface area contributed by atoms with Gasteiger partial charge in [0.15, 0.2) is 0 Å². The Kier molecular flexibility index (Phi) is 6.58. The third-order valence-corrected chi connectivity index (χ3v) is 4.19. The van der Waals surface area contributed by atoms with E-state index in [2.05, 4.69) is 19.2 Å². The molecule has 0 bridgehead atoms. The molecule has 1 unspecified atom stereocenters. The van der Waals surface area contributed by atoms with Crippen molar-refractivity contribution >= 4 is 39.7 Å². The van der Waals surface area contributed by atoms with E-state index in [-0.39, 0.29) is 30.2 Å². The zero-order valence-electron chi connectivity index (χ0n) is 12.1. The first-order chi connectivity index (χ1) is 9.49. The maximum absolute atomic E-state index is 13.1. The minimum absolute atomic E-state index is 0. The van der Waals surface area contributed by atoms with Gasteiger partial charge < -0.3 is 11.1 Å². The molecule has 1 aromatic carbocycles. The molecule has 1 heterocycles. The van der Waals surface area contributed by atoms with E-state index in [0.717, 1.165) is 16.5 Å². The number of halogens is 2. The van der Waals surface area contributed by atoms with Crippen molar-refractivity contribution in [1.82, 2.24) is 5.32 Å². The van der Waals surface area contributed by atoms with Gasteiger partial charge in [0.05, 0.1) is 4.88 Å². The molecule has 0 aliphatic carbocycles. The van der Waals surface area contributed by atoms with Crippen LogP contribution in [0, 0.1) is 11.7 Å². The van der Waals surface area contributed by atoms with Gasteiger partial charge in [0.1, 0.15) is 5.82 Å². The standard InChI is InChI=1S/C15H19FN2OS.ClH/c1-9(2)5-12(8-17)18-15(19)14-7-10-6-11(16)3-4-13(10)20-14;/h3-4,6-7,9,12H,5,8,17H2,1-2H3,(H,18,19);1H. The number of amides is 1. The molecule has 0 aliphatic heterocycles. The third kappa shape index (κ3) is 4.66. The molecule has 21 heavy (non-hydrogen) atoms. The number of fused-ring (bicyclic) bond motifs is 1. The van der Waals surface area contributed by atoms with Crippen molar-refractivity contribution in [2.75, 3.05) is 6.54 Å². The Hall–Kier alpha value is -1.17. The summed E-state index contributed by atoms with van der Waals surface area (Å²) in [6.45, 7) is 4.61. The summed E-state index contributed by atoms with van der Waals surface area (Å²) < 4.78 is 14.0. The van der Waals surface area contributed by atoms with Crippen molar-refractivity contribution in [2.24, 2.45) is 11.7 Å². The second-order valence-corrected chi connectivity index (χ2v) is 6.41. The van der Waals surface area contributed by atoms with Gasteiger partial charge >= 0.3 is 0 Å². The van der Waals surface area contributed by atoms with Crippen LogP contribution in [0.15, 0.2) is 24.3 Å². The van der Waals surface area contributed by atoms with Crippen LogP contribution < -0.4 is 11.1 Å². The van der Waals surface area contributed by atoms with Gasteiger partial charge in [-0.15, -0.1) is 23.7 Å². The van der Waals surface area contributed by atoms with Gasteiger partial charge in [-0.1, -0.05) is 13.8 Å². The van der Waals surface area contributed by atoms with E-state index in [1.165, 1.54) is 23.5 Å². The lowest BCUT2D eigenvalue weighted by molar-refractivity contribution is 0.0938. The van der Waals surface area contributed by atoms with Crippen LogP contribution in [0.3, 0.4) is 0 Å². The first-order valence-electron chi connectivity index (χ1n) is 6.69. The highest BCUT2D eigenvalue weighted by Crippen LogP contribution is 2.26. The van der Waals surface area contributed by atoms with Crippen LogP contribution in [0.1, 0.15) is 29.9 Å². The first kappa shape index (κ1) is 17.9. The molecule has 0 saturated carbocycles. The normalized spacial score (nSPS) is 12.2. The first-order valence-corrected chi connectivity index (χ1v) is 7.51. The summed E-state index contributed by atoms with van der Waals surface area (Å²) in [4.78, 5) is 12.8. The van der Waals surface area contributed by atoms with E-state index in [1.54, 1.807) is 12.1 Å². The quantitative estimate of drug-likeness (QED) is 0.880. The molecule has 2 aromatic rings. The third-order valence-electron chi connectivity index (χ3n) is 3.08. The molecule has 0 spiro atoms. The second-order valence-electron chi connectivity index (χ2n) is 5.33. The molecular formula is C15H20ClFN2OS. The number of hydrogen-bond acceptors (Lipinski definition) is 3. The Morgan fingerprint density at radius 2 is 2.10 bits per heavy atom. The number of benzene rings is 1. The van der Waals surface area contributed by atoms with Crippen LogP contribution in [-0.4, -0.2) is 18.5 Å². The largest absolute Gasteiger partial charge is 0.347 e. The van der Waals surface area contributed by atoms with Crippen LogP contribution in [-0.2, 0) is 0 Å². The molecule has 2 rings (SSSR count). The molecule has 1 atom stereocenters. The maximum atomic E-state index is 13.1. The molecule has 0 radical (unpaired) electrons. The van der Waals surface area contributed by atoms with Gasteiger partial charge in [-0.3, -0.25) is 4.79 Å². The highest BCUT2D eigenvalue weighted by atomic mass is 35.5. The Labute approximate surface area is 134 Å². The monoisotopic (exact) mass is 330 g/mol. The number of carbonyl (C=O) groups excluding carboxylic acids is 1. The van der Waals surface area contributed by atoms with Crippen LogP contribution in [0.25, 0.3) is 10.1 Å². The average molecular weight is 331 g/mol. The van der Waals surface area contributed by atoms with E-state index in [4.69, 9.17) is 5.73 Å². The van der Waals surface area contributed by atoms with E-state index in [1.807, 2.05) is 0 Å². The van der Waals surface area contributed by atoms with Gasteiger partial charge in [0.2, 0.25) is 0 Å². The fourth-order valence-corrected chi connectivity index (χ4v) is 3.11. The van der Waals surface area contributed by atoms with Crippen molar-refractivity contribution in [3.8, 4) is 0 Å². The predicted octanol–water partition coefficient (Wildman–Crippen LogP) is 3.57. The Balaban J connectivity index is 0.00000220. The number of rotatable bonds is 5. The molecule has 0 fully saturated rings. The highest BCUT2D eigenvalue weighted by Gasteiger charge is 2.16. The summed E-state index contributed by atoms with van der Waals surface area (Å²) in [6, 6.07) is 6.24. The lowest BCUT2D eigenvalue weighted by atomic mass is 10.0. The summed E-state index contributed by atoms with van der Waals surface area (Å²) in [6.07, 6.45) is 0.849. The van der Waals surface area contributed by atoms with E-state index in [0.29, 0.717) is 17.3 Å². The van der Waals surface area contributed by atoms with Crippen molar-refractivity contribution in [3.05, 3.63) is 35.0 Å². The molecule has 0 saturated heterocycles. The summed E-state index contributed by atoms with van der Waals surface area (Å²) in [5, 5.41) is 3.70. The molecule has 3 nitrogen and oxygen atoms in total. The predicted molar refractivity (Wildman–Crippen MR) is 88.8 cm³/mol. The highest BCUT2D eigenvalue weighted by molar-refractivity contribution is 7.20. The van der Waals surface area contributed by atoms with Gasteiger partial charge in [0.25, 0.3) is 5.91 Å². The SMILES string of the molecule is CC(C)CC(CN)NC(=O)c1cc2cc(F)ccc2s1.Cl. The molecule has 1 aromatic heterocycles. The molecule has 6 heteroatoms. The fraction of sp³-hybridized carbons (Fsp3) is 0.400. The van der Waals surface area contributed by atoms with E-state index < -0.39 is 0 Å². The molecule has 1 amide bonds. The van der Waals surface area contributed by atoms with Gasteiger partial charge in [-0.05, 0) is 42.0 Å². The van der Waals surface area contributed by atoms with E-state index in [9.17, 15) is 9.18 Å². The summed E-state index contributed by atoms with van der Waals surface area (Å²) in [7, 11) is 0. The number of carbonyl (C=O) groups is 1. The molecular weight excluding hydrogens is 311 g/mol. The zero-order valence-corrected chi connectivity index (χ0v) is 13.7. The Bertz CT molecular complexity index is 615. The number of thiophene rings is 1. The topological polar surface area (TPSA) is 55.1 Å². The van der Waals surface area contributed by atoms with Crippen LogP contribution >= 0.6 is 23.7 Å². The molecule has 0 aliphatic rings. The van der Waals surface area contributed by atoms with Gasteiger partial charge in [0, 0.05) is 17.3 Å². The summed E-state index contributed by atoms with van der Waals surface area (Å²) >= 11 is 1.37. The van der Waals surface area contributed by atoms with Crippen LogP contribution in [0.2, 0.25) is 0 Å². The lowest BCUT2D eigenvalue weighted by Crippen LogP contribution is -2.40. The smallest absolute Gasteiger partial charge is 0.261 e. The number of nitrogens with one attached hydrogen (secondary N) is 1. The van der Waals surface area contributed by atoms with Crippen molar-refractivity contribution in [2.45, 2.75) is 26.3 Å². The second kappa shape index (κ2) is 7.73. The molecule has 3 N–H and O–H groups in total. The fourth-order valence-electron chi connectivity index (χ4n) is 2.17. The van der Waals surface area contributed by atoms with E-state index >= 15 is 0 Å². The minimum atomic E-state index is -0.290. The number of nitrogens with two attached hydrogens (primary N) is 1. The summed E-state index contributed by atoms with van der Waals surface area (Å²) in [5.74, 6) is 0.0463. The zero-order chi connectivity index (χ0) is 14.7. The lowest BCUT2D eigenvalue weighted by Gasteiger charge is -2.18. The van der Waals surface area contributed by atoms with Crippen molar-refractivity contribution < 1.29 is 9.18 Å². The van der Waals surface area contributed by atoms with Crippen molar-refractivity contribution in [3.63, 3.8) is 0 Å². The number of hydrogen-bond donors (Lipinski definition) is 2. The maximum Gasteiger partial charge on any atom is 0.261 e. The Morgan fingerprint density at radius 3 is 2.71 bits per heavy atom. The average Bonchev–Trinajstić information content (AvgIpc) is 2.80. The van der Waals surface area contributed by atoms with Crippen LogP contribution in [0.4, 0.5) is 4.39 Å². The summed E-state index contributed by atoms with van der Waals surface area (Å²) in [5.41, 5.74) is 5.68. The minimum Gasteiger partial charge on any atom is -0.347 e. The van der Waals surface area contributed by atoms with Crippen LogP contribution in [0.5, 0.6) is 0 Å². The van der Waals surface area contributed by atoms with Gasteiger partial charge in [-0.25, -0.2) is 4.39 Å². The molecule has 116 valence electrons. The van der Waals surface area contributed by atoms with Crippen molar-refractivity contribution in [1.29, 1.82) is 0 Å². The van der Waals surface area contributed by atoms with Gasteiger partial charge in [-0.2, -0.15) is 0 Å². The Morgan fingerprint density at radius 1 is 1.38 bits per heavy atom.